The summed E-state index contributed by atoms with van der Waals surface area (Å²) in [5, 5.41) is 5.25. The molecule has 0 bridgehead atoms. The van der Waals surface area contributed by atoms with Gasteiger partial charge in [-0.2, -0.15) is 0 Å². The Morgan fingerprint density at radius 3 is 2.39 bits per heavy atom. The van der Waals surface area contributed by atoms with E-state index in [4.69, 9.17) is 0 Å². The average molecular weight is 381 g/mol. The van der Waals surface area contributed by atoms with Crippen molar-refractivity contribution in [3.05, 3.63) is 64.7 Å². The molecule has 0 aliphatic heterocycles. The number of anilines is 1. The number of hydrogen-bond acceptors (Lipinski definition) is 3. The summed E-state index contributed by atoms with van der Waals surface area (Å²) in [5.74, 6) is -1.42. The SMILES string of the molecule is CCN(Cc1cccc(NC(=O)C(=O)NCc2ccc(C)cc2C)c1)C(C)=O. The van der Waals surface area contributed by atoms with Crippen LogP contribution in [0.3, 0.4) is 0 Å². The number of aryl methyl sites for hydroxylation is 2. The molecule has 0 saturated heterocycles. The number of amides is 3. The maximum Gasteiger partial charge on any atom is 0.313 e. The van der Waals surface area contributed by atoms with Gasteiger partial charge < -0.3 is 15.5 Å². The summed E-state index contributed by atoms with van der Waals surface area (Å²) in [5.41, 5.74) is 4.59. The summed E-state index contributed by atoms with van der Waals surface area (Å²) in [4.78, 5) is 37.6. The van der Waals surface area contributed by atoms with Crippen LogP contribution in [0.4, 0.5) is 5.69 Å². The second-order valence-electron chi connectivity index (χ2n) is 6.80. The van der Waals surface area contributed by atoms with E-state index < -0.39 is 11.8 Å². The molecule has 0 unspecified atom stereocenters. The second-order valence-corrected chi connectivity index (χ2v) is 6.80. The Bertz CT molecular complexity index is 877. The van der Waals surface area contributed by atoms with Crippen molar-refractivity contribution >= 4 is 23.4 Å². The van der Waals surface area contributed by atoms with Crippen LogP contribution < -0.4 is 10.6 Å². The van der Waals surface area contributed by atoms with E-state index in [1.165, 1.54) is 6.92 Å². The van der Waals surface area contributed by atoms with E-state index in [9.17, 15) is 14.4 Å². The molecule has 0 saturated carbocycles. The van der Waals surface area contributed by atoms with Gasteiger partial charge in [-0.15, -0.1) is 0 Å². The van der Waals surface area contributed by atoms with Crippen molar-refractivity contribution in [2.24, 2.45) is 0 Å². The first-order valence-electron chi connectivity index (χ1n) is 9.30. The smallest absolute Gasteiger partial charge is 0.313 e. The lowest BCUT2D eigenvalue weighted by molar-refractivity contribution is -0.136. The van der Waals surface area contributed by atoms with Gasteiger partial charge >= 0.3 is 11.8 Å². The van der Waals surface area contributed by atoms with Crippen LogP contribution in [0.2, 0.25) is 0 Å². The Morgan fingerprint density at radius 2 is 1.75 bits per heavy atom. The summed E-state index contributed by atoms with van der Waals surface area (Å²) in [7, 11) is 0. The summed E-state index contributed by atoms with van der Waals surface area (Å²) in [6, 6.07) is 13.1. The van der Waals surface area contributed by atoms with Crippen LogP contribution in [0.25, 0.3) is 0 Å². The molecule has 0 aromatic heterocycles. The van der Waals surface area contributed by atoms with Gasteiger partial charge in [0.15, 0.2) is 0 Å². The molecule has 0 aliphatic rings. The summed E-state index contributed by atoms with van der Waals surface area (Å²) in [6.07, 6.45) is 0. The summed E-state index contributed by atoms with van der Waals surface area (Å²) < 4.78 is 0. The molecule has 6 heteroatoms. The van der Waals surface area contributed by atoms with Gasteiger partial charge in [-0.05, 0) is 49.6 Å². The van der Waals surface area contributed by atoms with E-state index >= 15 is 0 Å². The second kappa shape index (κ2) is 9.69. The monoisotopic (exact) mass is 381 g/mol. The minimum atomic E-state index is -0.721. The van der Waals surface area contributed by atoms with Gasteiger partial charge in [-0.25, -0.2) is 0 Å². The highest BCUT2D eigenvalue weighted by Gasteiger charge is 2.14. The highest BCUT2D eigenvalue weighted by molar-refractivity contribution is 6.39. The molecule has 2 aromatic carbocycles. The van der Waals surface area contributed by atoms with Gasteiger partial charge in [0.1, 0.15) is 0 Å². The number of nitrogens with one attached hydrogen (secondary N) is 2. The minimum Gasteiger partial charge on any atom is -0.344 e. The Morgan fingerprint density at radius 1 is 1.00 bits per heavy atom. The standard InChI is InChI=1S/C22H27N3O3/c1-5-25(17(4)26)14-18-7-6-8-20(12-18)24-22(28)21(27)23-13-19-10-9-15(2)11-16(19)3/h6-12H,5,13-14H2,1-4H3,(H,23,27)(H,24,28). The molecule has 2 rings (SSSR count). The fourth-order valence-corrected chi connectivity index (χ4v) is 2.90. The van der Waals surface area contributed by atoms with Crippen LogP contribution in [-0.4, -0.2) is 29.2 Å². The van der Waals surface area contributed by atoms with Gasteiger partial charge in [0, 0.05) is 32.2 Å². The van der Waals surface area contributed by atoms with Crippen LogP contribution in [0.5, 0.6) is 0 Å². The fraction of sp³-hybridized carbons (Fsp3) is 0.318. The highest BCUT2D eigenvalue weighted by atomic mass is 16.2. The van der Waals surface area contributed by atoms with Crippen molar-refractivity contribution in [2.75, 3.05) is 11.9 Å². The first kappa shape index (κ1) is 21.2. The number of benzene rings is 2. The lowest BCUT2D eigenvalue weighted by atomic mass is 10.1. The van der Waals surface area contributed by atoms with Gasteiger partial charge in [-0.1, -0.05) is 35.9 Å². The van der Waals surface area contributed by atoms with Gasteiger partial charge in [0.05, 0.1) is 0 Å². The molecule has 0 radical (unpaired) electrons. The fourth-order valence-electron chi connectivity index (χ4n) is 2.90. The first-order chi connectivity index (χ1) is 13.3. The lowest BCUT2D eigenvalue weighted by Gasteiger charge is -2.19. The van der Waals surface area contributed by atoms with Crippen LogP contribution in [0, 0.1) is 13.8 Å². The van der Waals surface area contributed by atoms with Crippen LogP contribution in [0.1, 0.15) is 36.1 Å². The van der Waals surface area contributed by atoms with Gasteiger partial charge in [0.2, 0.25) is 5.91 Å². The third-order valence-electron chi connectivity index (χ3n) is 4.53. The molecule has 28 heavy (non-hydrogen) atoms. The lowest BCUT2D eigenvalue weighted by Crippen LogP contribution is -2.35. The Kier molecular flexibility index (Phi) is 7.32. The average Bonchev–Trinajstić information content (AvgIpc) is 2.65. The molecular weight excluding hydrogens is 354 g/mol. The van der Waals surface area contributed by atoms with Crippen molar-refractivity contribution in [3.8, 4) is 0 Å². The number of carbonyl (C=O) groups is 3. The number of hydrogen-bond donors (Lipinski definition) is 2. The van der Waals surface area contributed by atoms with E-state index in [1.807, 2.05) is 45.0 Å². The predicted octanol–water partition coefficient (Wildman–Crippen LogP) is 2.93. The van der Waals surface area contributed by atoms with E-state index in [0.717, 1.165) is 22.3 Å². The third-order valence-corrected chi connectivity index (χ3v) is 4.53. The zero-order valence-electron chi connectivity index (χ0n) is 16.8. The molecule has 0 heterocycles. The summed E-state index contributed by atoms with van der Waals surface area (Å²) >= 11 is 0. The number of carbonyl (C=O) groups excluding carboxylic acids is 3. The number of rotatable bonds is 6. The molecule has 0 fully saturated rings. The van der Waals surface area contributed by atoms with Crippen molar-refractivity contribution in [1.82, 2.24) is 10.2 Å². The maximum absolute atomic E-state index is 12.2. The van der Waals surface area contributed by atoms with Gasteiger partial charge in [-0.3, -0.25) is 14.4 Å². The van der Waals surface area contributed by atoms with Crippen LogP contribution >= 0.6 is 0 Å². The zero-order valence-corrected chi connectivity index (χ0v) is 16.8. The molecular formula is C22H27N3O3. The Labute approximate surface area is 165 Å². The van der Waals surface area contributed by atoms with E-state index in [2.05, 4.69) is 10.6 Å². The van der Waals surface area contributed by atoms with Crippen molar-refractivity contribution < 1.29 is 14.4 Å². The Balaban J connectivity index is 1.95. The first-order valence-corrected chi connectivity index (χ1v) is 9.30. The Hall–Kier alpha value is -3.15. The molecule has 2 aromatic rings. The summed E-state index contributed by atoms with van der Waals surface area (Å²) in [6.45, 7) is 8.76. The molecule has 0 spiro atoms. The van der Waals surface area contributed by atoms with E-state index in [1.54, 1.807) is 23.1 Å². The molecule has 148 valence electrons. The molecule has 3 amide bonds. The van der Waals surface area contributed by atoms with E-state index in [-0.39, 0.29) is 5.91 Å². The molecule has 6 nitrogen and oxygen atoms in total. The van der Waals surface area contributed by atoms with Crippen LogP contribution in [0.15, 0.2) is 42.5 Å². The van der Waals surface area contributed by atoms with Crippen molar-refractivity contribution in [3.63, 3.8) is 0 Å². The minimum absolute atomic E-state index is 0.0114. The topological polar surface area (TPSA) is 78.5 Å². The predicted molar refractivity (Wildman–Crippen MR) is 110 cm³/mol. The molecule has 0 aliphatic carbocycles. The molecule has 2 N–H and O–H groups in total. The largest absolute Gasteiger partial charge is 0.344 e. The number of nitrogens with zero attached hydrogens (tertiary/aromatic N) is 1. The van der Waals surface area contributed by atoms with Crippen molar-refractivity contribution in [2.45, 2.75) is 40.8 Å². The third kappa shape index (κ3) is 5.94. The normalized spacial score (nSPS) is 10.3. The maximum atomic E-state index is 12.2. The van der Waals surface area contributed by atoms with Crippen LogP contribution in [-0.2, 0) is 27.5 Å². The zero-order chi connectivity index (χ0) is 20.7. The highest BCUT2D eigenvalue weighted by Crippen LogP contribution is 2.13. The quantitative estimate of drug-likeness (QED) is 0.755. The van der Waals surface area contributed by atoms with E-state index in [0.29, 0.717) is 25.3 Å². The van der Waals surface area contributed by atoms with Crippen molar-refractivity contribution in [1.29, 1.82) is 0 Å². The van der Waals surface area contributed by atoms with Gasteiger partial charge in [0.25, 0.3) is 0 Å². The molecule has 0 atom stereocenters.